The topological polar surface area (TPSA) is 90.8 Å². The number of piperidine rings is 1. The lowest BCUT2D eigenvalue weighted by Crippen LogP contribution is -2.42. The third-order valence-corrected chi connectivity index (χ3v) is 6.75. The van der Waals surface area contributed by atoms with Crippen molar-refractivity contribution < 1.29 is 9.53 Å². The lowest BCUT2D eigenvalue weighted by Gasteiger charge is -2.32. The molecule has 0 atom stereocenters. The van der Waals surface area contributed by atoms with Gasteiger partial charge in [0.2, 0.25) is 0 Å². The molecule has 0 unspecified atom stereocenters. The van der Waals surface area contributed by atoms with E-state index in [0.717, 1.165) is 12.1 Å². The first kappa shape index (κ1) is 22.9. The molecular weight excluding hydrogens is 446 g/mol. The normalized spacial score (nSPS) is 14.7. The lowest BCUT2D eigenvalue weighted by molar-refractivity contribution is 0.0585. The van der Waals surface area contributed by atoms with Gasteiger partial charge < -0.3 is 18.8 Å². The Morgan fingerprint density at radius 1 is 1.14 bits per heavy atom. The maximum atomic E-state index is 13.5. The number of carbonyl (C=O) groups is 1. The summed E-state index contributed by atoms with van der Waals surface area (Å²) in [5.41, 5.74) is 2.15. The maximum Gasteiger partial charge on any atom is 0.270 e. The molecule has 1 amide bonds. The van der Waals surface area contributed by atoms with E-state index >= 15 is 0 Å². The largest absolute Gasteiger partial charge is 0.490 e. The fourth-order valence-electron chi connectivity index (χ4n) is 4.71. The first-order chi connectivity index (χ1) is 16.9. The van der Waals surface area contributed by atoms with Crippen molar-refractivity contribution in [2.24, 2.45) is 7.05 Å². The standard InChI is InChI=1S/C26H29N5O4/c1-4-10-30-21(16-20-24(30)27-22-7-5-6-11-31(22)25(20)33)26(34)29-12-8-18(9-13-29)35-19-14-17(2)28(3)23(32)15-19/h5-7,11,14-16,18H,4,8-10,12-13H2,1-3H3. The molecule has 9 heteroatoms. The van der Waals surface area contributed by atoms with Crippen LogP contribution in [0.25, 0.3) is 16.7 Å². The highest BCUT2D eigenvalue weighted by Crippen LogP contribution is 2.23. The number of rotatable bonds is 5. The summed E-state index contributed by atoms with van der Waals surface area (Å²) >= 11 is 0. The zero-order valence-corrected chi connectivity index (χ0v) is 20.2. The summed E-state index contributed by atoms with van der Waals surface area (Å²) in [6.07, 6.45) is 3.77. The summed E-state index contributed by atoms with van der Waals surface area (Å²) in [4.78, 5) is 45.2. The second kappa shape index (κ2) is 9.05. The predicted molar refractivity (Wildman–Crippen MR) is 133 cm³/mol. The highest BCUT2D eigenvalue weighted by molar-refractivity contribution is 5.98. The fraction of sp³-hybridized carbons (Fsp3) is 0.385. The van der Waals surface area contributed by atoms with Gasteiger partial charge >= 0.3 is 0 Å². The smallest absolute Gasteiger partial charge is 0.270 e. The second-order valence-electron chi connectivity index (χ2n) is 9.10. The molecule has 0 saturated carbocycles. The van der Waals surface area contributed by atoms with Gasteiger partial charge in [0.05, 0.1) is 5.39 Å². The summed E-state index contributed by atoms with van der Waals surface area (Å²) in [6, 6.07) is 10.5. The third kappa shape index (κ3) is 4.11. The van der Waals surface area contributed by atoms with Crippen molar-refractivity contribution in [2.45, 2.75) is 45.8 Å². The molecule has 4 aromatic heterocycles. The van der Waals surface area contributed by atoms with Gasteiger partial charge in [0.1, 0.15) is 28.8 Å². The first-order valence-corrected chi connectivity index (χ1v) is 12.0. The van der Waals surface area contributed by atoms with Crippen molar-refractivity contribution >= 4 is 22.6 Å². The molecule has 0 aliphatic carbocycles. The van der Waals surface area contributed by atoms with Crippen LogP contribution < -0.4 is 15.9 Å². The Bertz CT molecular complexity index is 1540. The number of likely N-dealkylation sites (tertiary alicyclic amines) is 1. The Morgan fingerprint density at radius 3 is 2.63 bits per heavy atom. The van der Waals surface area contributed by atoms with Gasteiger partial charge in [0.25, 0.3) is 17.0 Å². The highest BCUT2D eigenvalue weighted by Gasteiger charge is 2.28. The average molecular weight is 476 g/mol. The van der Waals surface area contributed by atoms with Gasteiger partial charge in [-0.1, -0.05) is 13.0 Å². The van der Waals surface area contributed by atoms with Crippen LogP contribution in [0.1, 0.15) is 42.4 Å². The summed E-state index contributed by atoms with van der Waals surface area (Å²) in [5, 5.41) is 0.449. The van der Waals surface area contributed by atoms with Gasteiger partial charge in [-0.25, -0.2) is 4.98 Å². The van der Waals surface area contributed by atoms with E-state index in [2.05, 4.69) is 0 Å². The first-order valence-electron chi connectivity index (χ1n) is 12.0. The lowest BCUT2D eigenvalue weighted by atomic mass is 10.1. The van der Waals surface area contributed by atoms with Crippen molar-refractivity contribution in [3.63, 3.8) is 0 Å². The van der Waals surface area contributed by atoms with Crippen LogP contribution in [0.4, 0.5) is 0 Å². The number of amides is 1. The number of fused-ring (bicyclic) bond motifs is 2. The van der Waals surface area contributed by atoms with E-state index in [1.807, 2.05) is 35.4 Å². The van der Waals surface area contributed by atoms with E-state index in [-0.39, 0.29) is 23.1 Å². The minimum Gasteiger partial charge on any atom is -0.490 e. The third-order valence-electron chi connectivity index (χ3n) is 6.75. The SMILES string of the molecule is CCCn1c(C(=O)N2CCC(Oc3cc(C)n(C)c(=O)c3)CC2)cc2c(=O)n3ccccc3nc21. The number of aromatic nitrogens is 4. The molecule has 5 heterocycles. The zero-order valence-electron chi connectivity index (χ0n) is 20.2. The molecule has 1 aliphatic rings. The van der Waals surface area contributed by atoms with Crippen molar-refractivity contribution in [1.82, 2.24) is 23.4 Å². The monoisotopic (exact) mass is 475 g/mol. The van der Waals surface area contributed by atoms with Crippen molar-refractivity contribution in [3.8, 4) is 5.75 Å². The van der Waals surface area contributed by atoms with Crippen LogP contribution in [0, 0.1) is 6.92 Å². The summed E-state index contributed by atoms with van der Waals surface area (Å²) in [7, 11) is 1.73. The van der Waals surface area contributed by atoms with E-state index in [1.54, 1.807) is 36.0 Å². The summed E-state index contributed by atoms with van der Waals surface area (Å²) in [6.45, 7) is 5.58. The van der Waals surface area contributed by atoms with E-state index in [1.165, 1.54) is 10.5 Å². The van der Waals surface area contributed by atoms with Gasteiger partial charge in [-0.05, 0) is 37.6 Å². The van der Waals surface area contributed by atoms with Crippen LogP contribution in [0.2, 0.25) is 0 Å². The van der Waals surface area contributed by atoms with Crippen LogP contribution in [-0.2, 0) is 13.6 Å². The molecule has 182 valence electrons. The maximum absolute atomic E-state index is 13.5. The number of carbonyl (C=O) groups excluding carboxylic acids is 1. The zero-order chi connectivity index (χ0) is 24.7. The molecule has 1 saturated heterocycles. The molecule has 9 nitrogen and oxygen atoms in total. The summed E-state index contributed by atoms with van der Waals surface area (Å²) < 4.78 is 11.0. The Morgan fingerprint density at radius 2 is 1.91 bits per heavy atom. The second-order valence-corrected chi connectivity index (χ2v) is 9.10. The Hall–Kier alpha value is -3.88. The molecule has 0 bridgehead atoms. The molecule has 1 aliphatic heterocycles. The molecule has 0 radical (unpaired) electrons. The van der Waals surface area contributed by atoms with Crippen molar-refractivity contribution in [2.75, 3.05) is 13.1 Å². The average Bonchev–Trinajstić information content (AvgIpc) is 3.21. The van der Waals surface area contributed by atoms with Gasteiger partial charge in [-0.2, -0.15) is 0 Å². The number of pyridine rings is 2. The quantitative estimate of drug-likeness (QED) is 0.443. The predicted octanol–water partition coefficient (Wildman–Crippen LogP) is 2.75. The molecule has 4 aromatic rings. The van der Waals surface area contributed by atoms with Crippen LogP contribution in [-0.4, -0.2) is 48.5 Å². The van der Waals surface area contributed by atoms with Gasteiger partial charge in [-0.15, -0.1) is 0 Å². The molecular formula is C26H29N5O4. The minimum absolute atomic E-state index is 0.0660. The molecule has 1 fully saturated rings. The number of hydrogen-bond donors (Lipinski definition) is 0. The van der Waals surface area contributed by atoms with E-state index < -0.39 is 0 Å². The van der Waals surface area contributed by atoms with Gasteiger partial charge in [0, 0.05) is 57.5 Å². The van der Waals surface area contributed by atoms with E-state index in [9.17, 15) is 14.4 Å². The van der Waals surface area contributed by atoms with Crippen LogP contribution in [0.5, 0.6) is 5.75 Å². The molecule has 0 N–H and O–H groups in total. The van der Waals surface area contributed by atoms with Crippen LogP contribution in [0.3, 0.4) is 0 Å². The van der Waals surface area contributed by atoms with Crippen molar-refractivity contribution in [1.29, 1.82) is 0 Å². The van der Waals surface area contributed by atoms with Crippen LogP contribution in [0.15, 0.2) is 52.2 Å². The Balaban J connectivity index is 1.38. The molecule has 0 spiro atoms. The number of hydrogen-bond acceptors (Lipinski definition) is 5. The Kier molecular flexibility index (Phi) is 5.92. The molecule has 0 aromatic carbocycles. The molecule has 5 rings (SSSR count). The molecule has 35 heavy (non-hydrogen) atoms. The fourth-order valence-corrected chi connectivity index (χ4v) is 4.71. The number of aryl methyl sites for hydroxylation is 2. The number of ether oxygens (including phenoxy) is 1. The minimum atomic E-state index is -0.175. The Labute approximate surface area is 202 Å². The van der Waals surface area contributed by atoms with Gasteiger partial charge in [-0.3, -0.25) is 18.8 Å². The van der Waals surface area contributed by atoms with Gasteiger partial charge in [0.15, 0.2) is 0 Å². The van der Waals surface area contributed by atoms with E-state index in [4.69, 9.17) is 9.72 Å². The highest BCUT2D eigenvalue weighted by atomic mass is 16.5. The number of nitrogens with zero attached hydrogens (tertiary/aromatic N) is 5. The van der Waals surface area contributed by atoms with Crippen molar-refractivity contribution in [3.05, 3.63) is 74.7 Å². The summed E-state index contributed by atoms with van der Waals surface area (Å²) in [5.74, 6) is 0.463. The van der Waals surface area contributed by atoms with E-state index in [0.29, 0.717) is 60.6 Å². The van der Waals surface area contributed by atoms with Crippen LogP contribution >= 0.6 is 0 Å².